The van der Waals surface area contributed by atoms with Crippen LogP contribution >= 0.6 is 11.3 Å². The number of aromatic nitrogens is 1. The van der Waals surface area contributed by atoms with Crippen LogP contribution in [0.1, 0.15) is 33.2 Å². The molecule has 0 aromatic carbocycles. The first kappa shape index (κ1) is 11.4. The SMILES string of the molecule is Cc1nc(C(C)/C=C/C#N)sc1C(=O)O. The Balaban J connectivity index is 2.98. The van der Waals surface area contributed by atoms with Gasteiger partial charge in [-0.25, -0.2) is 9.78 Å². The van der Waals surface area contributed by atoms with Crippen LogP contribution in [0.2, 0.25) is 0 Å². The van der Waals surface area contributed by atoms with Gasteiger partial charge in [0.15, 0.2) is 0 Å². The second-order valence-electron chi connectivity index (χ2n) is 3.05. The maximum absolute atomic E-state index is 10.8. The van der Waals surface area contributed by atoms with E-state index in [1.165, 1.54) is 6.08 Å². The summed E-state index contributed by atoms with van der Waals surface area (Å²) in [5.74, 6) is -0.978. The van der Waals surface area contributed by atoms with Crippen molar-refractivity contribution in [2.24, 2.45) is 0 Å². The number of carboxylic acids is 1. The summed E-state index contributed by atoms with van der Waals surface area (Å²) in [4.78, 5) is 15.2. The third-order valence-corrected chi connectivity index (χ3v) is 3.20. The summed E-state index contributed by atoms with van der Waals surface area (Å²) in [5.41, 5.74) is 0.528. The van der Waals surface area contributed by atoms with E-state index in [-0.39, 0.29) is 10.8 Å². The van der Waals surface area contributed by atoms with E-state index in [9.17, 15) is 4.79 Å². The lowest BCUT2D eigenvalue weighted by atomic mass is 10.2. The zero-order chi connectivity index (χ0) is 11.4. The monoisotopic (exact) mass is 222 g/mol. The first-order valence-electron chi connectivity index (χ1n) is 4.33. The molecule has 1 heterocycles. The minimum Gasteiger partial charge on any atom is -0.477 e. The fourth-order valence-electron chi connectivity index (χ4n) is 1.08. The van der Waals surface area contributed by atoms with E-state index >= 15 is 0 Å². The summed E-state index contributed by atoms with van der Waals surface area (Å²) in [6, 6.07) is 1.89. The zero-order valence-electron chi connectivity index (χ0n) is 8.39. The van der Waals surface area contributed by atoms with Gasteiger partial charge >= 0.3 is 5.97 Å². The van der Waals surface area contributed by atoms with Crippen molar-refractivity contribution >= 4 is 17.3 Å². The van der Waals surface area contributed by atoms with Crippen LogP contribution in [0.25, 0.3) is 0 Å². The van der Waals surface area contributed by atoms with Gasteiger partial charge < -0.3 is 5.11 Å². The van der Waals surface area contributed by atoms with Crippen LogP contribution in [-0.4, -0.2) is 16.1 Å². The molecule has 0 aliphatic carbocycles. The van der Waals surface area contributed by atoms with Gasteiger partial charge in [0, 0.05) is 12.0 Å². The fraction of sp³-hybridized carbons (Fsp3) is 0.300. The van der Waals surface area contributed by atoms with Crippen LogP contribution in [0, 0.1) is 18.3 Å². The molecular weight excluding hydrogens is 212 g/mol. The Morgan fingerprint density at radius 1 is 1.73 bits per heavy atom. The van der Waals surface area contributed by atoms with Crippen molar-refractivity contribution in [3.63, 3.8) is 0 Å². The van der Waals surface area contributed by atoms with Gasteiger partial charge in [-0.15, -0.1) is 11.3 Å². The van der Waals surface area contributed by atoms with E-state index in [0.717, 1.165) is 16.3 Å². The summed E-state index contributed by atoms with van der Waals surface area (Å²) in [6.07, 6.45) is 3.08. The summed E-state index contributed by atoms with van der Waals surface area (Å²) in [5, 5.41) is 17.9. The lowest BCUT2D eigenvalue weighted by Gasteiger charge is -1.97. The summed E-state index contributed by atoms with van der Waals surface area (Å²) < 4.78 is 0. The molecule has 15 heavy (non-hydrogen) atoms. The molecule has 0 spiro atoms. The lowest BCUT2D eigenvalue weighted by molar-refractivity contribution is 0.0701. The van der Waals surface area contributed by atoms with Crippen LogP contribution in [0.5, 0.6) is 0 Å². The van der Waals surface area contributed by atoms with Gasteiger partial charge in [0.2, 0.25) is 0 Å². The molecule has 78 valence electrons. The van der Waals surface area contributed by atoms with Crippen LogP contribution < -0.4 is 0 Å². The maximum atomic E-state index is 10.8. The van der Waals surface area contributed by atoms with Gasteiger partial charge in [0.25, 0.3) is 0 Å². The predicted molar refractivity (Wildman–Crippen MR) is 57.0 cm³/mol. The number of rotatable bonds is 3. The van der Waals surface area contributed by atoms with Crippen molar-refractivity contribution < 1.29 is 9.90 Å². The Hall–Kier alpha value is -1.67. The van der Waals surface area contributed by atoms with Crippen molar-refractivity contribution in [3.8, 4) is 6.07 Å². The van der Waals surface area contributed by atoms with E-state index in [1.807, 2.05) is 13.0 Å². The minimum atomic E-state index is -0.951. The predicted octanol–water partition coefficient (Wildman–Crippen LogP) is 2.33. The Bertz CT molecular complexity index is 443. The minimum absolute atomic E-state index is 0.0264. The van der Waals surface area contributed by atoms with Crippen LogP contribution in [0.15, 0.2) is 12.2 Å². The number of carboxylic acid groups (broad SMARTS) is 1. The van der Waals surface area contributed by atoms with Crippen molar-refractivity contribution in [2.45, 2.75) is 19.8 Å². The Labute approximate surface area is 91.5 Å². The summed E-state index contributed by atoms with van der Waals surface area (Å²) in [6.45, 7) is 3.54. The maximum Gasteiger partial charge on any atom is 0.347 e. The van der Waals surface area contributed by atoms with Gasteiger partial charge in [0.1, 0.15) is 9.88 Å². The third kappa shape index (κ3) is 2.64. The molecule has 0 radical (unpaired) electrons. The molecule has 1 rings (SSSR count). The number of aryl methyl sites for hydroxylation is 1. The van der Waals surface area contributed by atoms with E-state index < -0.39 is 5.97 Å². The van der Waals surface area contributed by atoms with Crippen molar-refractivity contribution in [3.05, 3.63) is 27.7 Å². The fourth-order valence-corrected chi connectivity index (χ4v) is 2.02. The molecule has 0 saturated heterocycles. The van der Waals surface area contributed by atoms with Crippen molar-refractivity contribution in [2.75, 3.05) is 0 Å². The standard InChI is InChI=1S/C10H10N2O2S/c1-6(4-3-5-11)9-12-7(2)8(15-9)10(13)14/h3-4,6H,1-2H3,(H,13,14)/b4-3+. The molecule has 1 aromatic rings. The second kappa shape index (κ2) is 4.71. The molecule has 0 aliphatic heterocycles. The Morgan fingerprint density at radius 2 is 2.40 bits per heavy atom. The van der Waals surface area contributed by atoms with Gasteiger partial charge in [-0.2, -0.15) is 5.26 Å². The highest BCUT2D eigenvalue weighted by Gasteiger charge is 2.16. The molecule has 0 bridgehead atoms. The number of nitrogens with zero attached hydrogens (tertiary/aromatic N) is 2. The second-order valence-corrected chi connectivity index (χ2v) is 4.08. The molecule has 0 saturated carbocycles. The summed E-state index contributed by atoms with van der Waals surface area (Å²) in [7, 11) is 0. The quantitative estimate of drug-likeness (QED) is 0.796. The molecular formula is C10H10N2O2S. The molecule has 1 atom stereocenters. The van der Waals surface area contributed by atoms with Crippen molar-refractivity contribution in [1.29, 1.82) is 5.26 Å². The third-order valence-electron chi connectivity index (χ3n) is 1.86. The number of allylic oxidation sites excluding steroid dienone is 2. The molecule has 4 nitrogen and oxygen atoms in total. The number of hydrogen-bond donors (Lipinski definition) is 1. The molecule has 1 N–H and O–H groups in total. The molecule has 0 fully saturated rings. The van der Waals surface area contributed by atoms with E-state index in [1.54, 1.807) is 13.0 Å². The Morgan fingerprint density at radius 3 is 2.87 bits per heavy atom. The van der Waals surface area contributed by atoms with Crippen LogP contribution in [0.3, 0.4) is 0 Å². The number of aromatic carboxylic acids is 1. The van der Waals surface area contributed by atoms with E-state index in [2.05, 4.69) is 4.98 Å². The van der Waals surface area contributed by atoms with Gasteiger partial charge in [0.05, 0.1) is 11.8 Å². The average molecular weight is 222 g/mol. The highest BCUT2D eigenvalue weighted by atomic mass is 32.1. The summed E-state index contributed by atoms with van der Waals surface area (Å²) >= 11 is 1.15. The lowest BCUT2D eigenvalue weighted by Crippen LogP contribution is -1.94. The molecule has 5 heteroatoms. The number of thiazole rings is 1. The number of hydrogen-bond acceptors (Lipinski definition) is 4. The van der Waals surface area contributed by atoms with Gasteiger partial charge in [-0.3, -0.25) is 0 Å². The van der Waals surface area contributed by atoms with Crippen molar-refractivity contribution in [1.82, 2.24) is 4.98 Å². The Kier molecular flexibility index (Phi) is 3.58. The van der Waals surface area contributed by atoms with Gasteiger partial charge in [-0.1, -0.05) is 13.0 Å². The number of nitriles is 1. The molecule has 1 unspecified atom stereocenters. The first-order chi connectivity index (χ1) is 7.06. The molecule has 0 aliphatic rings. The molecule has 0 amide bonds. The largest absolute Gasteiger partial charge is 0.477 e. The van der Waals surface area contributed by atoms with E-state index in [0.29, 0.717) is 5.69 Å². The smallest absolute Gasteiger partial charge is 0.347 e. The van der Waals surface area contributed by atoms with Crippen LogP contribution in [-0.2, 0) is 0 Å². The van der Waals surface area contributed by atoms with Crippen LogP contribution in [0.4, 0.5) is 0 Å². The van der Waals surface area contributed by atoms with Gasteiger partial charge in [-0.05, 0) is 6.92 Å². The number of carbonyl (C=O) groups is 1. The zero-order valence-corrected chi connectivity index (χ0v) is 9.21. The first-order valence-corrected chi connectivity index (χ1v) is 5.14. The normalized spacial score (nSPS) is 12.6. The highest BCUT2D eigenvalue weighted by Crippen LogP contribution is 2.25. The topological polar surface area (TPSA) is 74.0 Å². The molecule has 1 aromatic heterocycles. The highest BCUT2D eigenvalue weighted by molar-refractivity contribution is 7.13. The van der Waals surface area contributed by atoms with E-state index in [4.69, 9.17) is 10.4 Å². The average Bonchev–Trinajstić information content (AvgIpc) is 2.56.